The Bertz CT molecular complexity index is 1000. The topological polar surface area (TPSA) is 80.3 Å². The molecule has 0 aliphatic rings. The number of ether oxygens (including phenoxy) is 1. The van der Waals surface area contributed by atoms with E-state index in [1.165, 1.54) is 11.3 Å². The minimum absolute atomic E-state index is 0.120. The number of hydrogen-bond donors (Lipinski definition) is 2. The lowest BCUT2D eigenvalue weighted by Crippen LogP contribution is -2.25. The number of aromatic nitrogens is 1. The molecule has 6 nitrogen and oxygen atoms in total. The Morgan fingerprint density at radius 3 is 2.76 bits per heavy atom. The van der Waals surface area contributed by atoms with Gasteiger partial charge >= 0.3 is 0 Å². The minimum atomic E-state index is -0.152. The van der Waals surface area contributed by atoms with Crippen LogP contribution in [0, 0.1) is 0 Å². The summed E-state index contributed by atoms with van der Waals surface area (Å²) < 4.78 is 5.66. The summed E-state index contributed by atoms with van der Waals surface area (Å²) in [5.41, 5.74) is 3.07. The van der Waals surface area contributed by atoms with Crippen LogP contribution >= 0.6 is 11.3 Å². The number of hydrogen-bond acceptors (Lipinski definition) is 5. The van der Waals surface area contributed by atoms with Crippen LogP contribution in [0.25, 0.3) is 10.6 Å². The van der Waals surface area contributed by atoms with Gasteiger partial charge in [0.2, 0.25) is 5.91 Å². The number of benzene rings is 2. The minimum Gasteiger partial charge on any atom is -0.493 e. The van der Waals surface area contributed by atoms with E-state index in [0.29, 0.717) is 24.4 Å². The number of para-hydroxylation sites is 1. The van der Waals surface area contributed by atoms with Crippen LogP contribution in [0.5, 0.6) is 5.75 Å². The van der Waals surface area contributed by atoms with E-state index in [4.69, 9.17) is 4.74 Å². The highest BCUT2D eigenvalue weighted by atomic mass is 32.1. The number of carbonyl (C=O) groups is 2. The van der Waals surface area contributed by atoms with Gasteiger partial charge < -0.3 is 15.4 Å². The van der Waals surface area contributed by atoms with E-state index < -0.39 is 0 Å². The predicted molar refractivity (Wildman–Crippen MR) is 114 cm³/mol. The van der Waals surface area contributed by atoms with Crippen molar-refractivity contribution in [3.05, 3.63) is 70.7 Å². The first-order chi connectivity index (χ1) is 14.1. The highest BCUT2D eigenvalue weighted by molar-refractivity contribution is 7.13. The van der Waals surface area contributed by atoms with Crippen molar-refractivity contribution < 1.29 is 14.3 Å². The molecule has 3 aromatic rings. The third-order valence-electron chi connectivity index (χ3n) is 4.22. The summed E-state index contributed by atoms with van der Waals surface area (Å²) in [6.07, 6.45) is 0.197. The number of rotatable bonds is 8. The second-order valence-electron chi connectivity index (χ2n) is 6.31. The maximum absolute atomic E-state index is 12.3. The third kappa shape index (κ3) is 5.42. The van der Waals surface area contributed by atoms with Crippen LogP contribution < -0.4 is 15.4 Å². The van der Waals surface area contributed by atoms with Gasteiger partial charge in [0, 0.05) is 24.5 Å². The van der Waals surface area contributed by atoms with Gasteiger partial charge in [0.1, 0.15) is 10.8 Å². The lowest BCUT2D eigenvalue weighted by molar-refractivity contribution is -0.120. The molecule has 29 heavy (non-hydrogen) atoms. The van der Waals surface area contributed by atoms with Crippen LogP contribution in [0.1, 0.15) is 28.5 Å². The van der Waals surface area contributed by atoms with Gasteiger partial charge in [0.15, 0.2) is 0 Å². The molecule has 0 aliphatic heterocycles. The maximum Gasteiger partial charge on any atom is 0.251 e. The lowest BCUT2D eigenvalue weighted by Gasteiger charge is -2.07. The fourth-order valence-electron chi connectivity index (χ4n) is 2.83. The van der Waals surface area contributed by atoms with Gasteiger partial charge in [-0.25, -0.2) is 4.98 Å². The molecule has 2 aromatic carbocycles. The van der Waals surface area contributed by atoms with E-state index in [2.05, 4.69) is 15.6 Å². The Morgan fingerprint density at radius 1 is 1.14 bits per heavy atom. The molecule has 0 radical (unpaired) electrons. The quantitative estimate of drug-likeness (QED) is 0.597. The number of nitrogens with zero attached hydrogens (tertiary/aromatic N) is 1. The molecular formula is C22H23N3O3S. The smallest absolute Gasteiger partial charge is 0.251 e. The van der Waals surface area contributed by atoms with Crippen LogP contribution in [0.2, 0.25) is 0 Å². The largest absolute Gasteiger partial charge is 0.493 e. The van der Waals surface area contributed by atoms with Gasteiger partial charge in [-0.1, -0.05) is 24.3 Å². The van der Waals surface area contributed by atoms with Crippen molar-refractivity contribution in [2.75, 3.05) is 13.7 Å². The predicted octanol–water partition coefficient (Wildman–Crippen LogP) is 3.43. The van der Waals surface area contributed by atoms with Gasteiger partial charge in [-0.05, 0) is 36.8 Å². The monoisotopic (exact) mass is 409 g/mol. The zero-order chi connectivity index (χ0) is 20.6. The fraction of sp³-hybridized carbons (Fsp3) is 0.227. The zero-order valence-corrected chi connectivity index (χ0v) is 17.2. The number of carbonyl (C=O) groups excluding carboxylic acids is 2. The van der Waals surface area contributed by atoms with E-state index in [1.54, 1.807) is 25.2 Å². The van der Waals surface area contributed by atoms with Crippen molar-refractivity contribution in [1.29, 1.82) is 0 Å². The van der Waals surface area contributed by atoms with E-state index in [9.17, 15) is 9.59 Å². The average molecular weight is 410 g/mol. The third-order valence-corrected chi connectivity index (χ3v) is 5.14. The first-order valence-electron chi connectivity index (χ1n) is 9.35. The first kappa shape index (κ1) is 20.5. The number of thiazole rings is 1. The van der Waals surface area contributed by atoms with Crippen LogP contribution in [-0.4, -0.2) is 30.5 Å². The molecule has 2 N–H and O–H groups in total. The molecule has 1 heterocycles. The highest BCUT2D eigenvalue weighted by Gasteiger charge is 2.12. The Hall–Kier alpha value is -3.19. The van der Waals surface area contributed by atoms with Crippen molar-refractivity contribution in [2.24, 2.45) is 0 Å². The average Bonchev–Trinajstić information content (AvgIpc) is 3.20. The van der Waals surface area contributed by atoms with Crippen molar-refractivity contribution >= 4 is 23.2 Å². The Labute approximate surface area is 173 Å². The summed E-state index contributed by atoms with van der Waals surface area (Å²) in [4.78, 5) is 28.6. The van der Waals surface area contributed by atoms with E-state index in [0.717, 1.165) is 21.9 Å². The Kier molecular flexibility index (Phi) is 6.97. The molecule has 0 bridgehead atoms. The van der Waals surface area contributed by atoms with Gasteiger partial charge in [-0.3, -0.25) is 9.59 Å². The van der Waals surface area contributed by atoms with Gasteiger partial charge in [0.05, 0.1) is 24.3 Å². The molecule has 7 heteroatoms. The van der Waals surface area contributed by atoms with Crippen molar-refractivity contribution in [3.8, 4) is 16.3 Å². The summed E-state index contributed by atoms with van der Waals surface area (Å²) in [6.45, 7) is 2.88. The van der Waals surface area contributed by atoms with Crippen molar-refractivity contribution in [1.82, 2.24) is 15.6 Å². The van der Waals surface area contributed by atoms with Crippen molar-refractivity contribution in [2.45, 2.75) is 19.9 Å². The summed E-state index contributed by atoms with van der Waals surface area (Å²) in [7, 11) is 1.59. The molecule has 0 saturated heterocycles. The second kappa shape index (κ2) is 9.84. The van der Waals surface area contributed by atoms with Crippen LogP contribution in [0.15, 0.2) is 53.9 Å². The molecule has 0 aliphatic carbocycles. The Balaban J connectivity index is 1.61. The molecule has 0 atom stereocenters. The van der Waals surface area contributed by atoms with E-state index in [-0.39, 0.29) is 18.2 Å². The molecule has 3 rings (SSSR count). The SMILES string of the molecule is CCOc1ccccc1-c1nc(CC(=O)NCc2cccc(C(=O)NC)c2)cs1. The van der Waals surface area contributed by atoms with Gasteiger partial charge in [0.25, 0.3) is 5.91 Å². The summed E-state index contributed by atoms with van der Waals surface area (Å²) in [5, 5.41) is 8.19. The Morgan fingerprint density at radius 2 is 1.97 bits per heavy atom. The molecule has 0 saturated carbocycles. The molecule has 0 fully saturated rings. The molecule has 0 unspecified atom stereocenters. The fourth-order valence-corrected chi connectivity index (χ4v) is 3.68. The maximum atomic E-state index is 12.3. The standard InChI is InChI=1S/C22H23N3O3S/c1-3-28-19-10-5-4-9-18(19)22-25-17(14-29-22)12-20(26)24-13-15-7-6-8-16(11-15)21(27)23-2/h4-11,14H,3,12-13H2,1-2H3,(H,23,27)(H,24,26). The summed E-state index contributed by atoms with van der Waals surface area (Å²) >= 11 is 1.49. The molecule has 1 aromatic heterocycles. The highest BCUT2D eigenvalue weighted by Crippen LogP contribution is 2.32. The summed E-state index contributed by atoms with van der Waals surface area (Å²) in [5.74, 6) is 0.516. The second-order valence-corrected chi connectivity index (χ2v) is 7.16. The molecule has 0 spiro atoms. The van der Waals surface area contributed by atoms with Gasteiger partial charge in [-0.15, -0.1) is 11.3 Å². The molecule has 2 amide bonds. The lowest BCUT2D eigenvalue weighted by atomic mass is 10.1. The van der Waals surface area contributed by atoms with Crippen LogP contribution in [0.3, 0.4) is 0 Å². The molecule has 150 valence electrons. The normalized spacial score (nSPS) is 10.4. The van der Waals surface area contributed by atoms with E-state index in [1.807, 2.05) is 42.6 Å². The van der Waals surface area contributed by atoms with E-state index >= 15 is 0 Å². The molecular weight excluding hydrogens is 386 g/mol. The first-order valence-corrected chi connectivity index (χ1v) is 10.2. The van der Waals surface area contributed by atoms with Gasteiger partial charge in [-0.2, -0.15) is 0 Å². The number of nitrogens with one attached hydrogen (secondary N) is 2. The zero-order valence-electron chi connectivity index (χ0n) is 16.4. The number of amides is 2. The van der Waals surface area contributed by atoms with Crippen LogP contribution in [0.4, 0.5) is 0 Å². The summed E-state index contributed by atoms with van der Waals surface area (Å²) in [6, 6.07) is 14.9. The van der Waals surface area contributed by atoms with Crippen LogP contribution in [-0.2, 0) is 17.8 Å². The van der Waals surface area contributed by atoms with Crippen molar-refractivity contribution in [3.63, 3.8) is 0 Å².